The molecule has 3 aromatic rings. The molecule has 3 nitrogen and oxygen atoms in total. The molecule has 4 rings (SSSR count). The van der Waals surface area contributed by atoms with Crippen LogP contribution >= 0.6 is 0 Å². The number of hydrogen-bond acceptors (Lipinski definition) is 3. The van der Waals surface area contributed by atoms with E-state index in [9.17, 15) is 4.79 Å². The summed E-state index contributed by atoms with van der Waals surface area (Å²) in [4.78, 5) is 12.3. The van der Waals surface area contributed by atoms with Crippen LogP contribution in [-0.4, -0.2) is 0 Å². The lowest BCUT2D eigenvalue weighted by Gasteiger charge is -2.19. The molecule has 0 N–H and O–H groups in total. The zero-order valence-electron chi connectivity index (χ0n) is 14.7. The van der Waals surface area contributed by atoms with Crippen molar-refractivity contribution >= 4 is 11.0 Å². The molecule has 0 bridgehead atoms. The molecule has 0 atom stereocenters. The molecule has 0 fully saturated rings. The average molecular weight is 334 g/mol. The van der Waals surface area contributed by atoms with Gasteiger partial charge >= 0.3 is 5.63 Å². The van der Waals surface area contributed by atoms with Gasteiger partial charge in [-0.3, -0.25) is 0 Å². The van der Waals surface area contributed by atoms with Gasteiger partial charge in [-0.15, -0.1) is 0 Å². The molecule has 1 heterocycles. The molecule has 3 heteroatoms. The van der Waals surface area contributed by atoms with Crippen molar-refractivity contribution in [2.24, 2.45) is 0 Å². The van der Waals surface area contributed by atoms with Crippen LogP contribution in [0.25, 0.3) is 11.0 Å². The Morgan fingerprint density at radius 2 is 1.80 bits per heavy atom. The molecule has 128 valence electrons. The number of aryl methyl sites for hydroxylation is 3. The number of benzene rings is 2. The fraction of sp³-hybridized carbons (Fsp3) is 0.318. The normalized spacial score (nSPS) is 13.7. The van der Waals surface area contributed by atoms with Crippen LogP contribution in [0.4, 0.5) is 0 Å². The molecule has 0 saturated carbocycles. The molecule has 0 saturated heterocycles. The maximum absolute atomic E-state index is 12.3. The van der Waals surface area contributed by atoms with Crippen molar-refractivity contribution in [2.45, 2.75) is 46.1 Å². The van der Waals surface area contributed by atoms with Crippen molar-refractivity contribution in [1.29, 1.82) is 0 Å². The molecule has 0 aliphatic heterocycles. The van der Waals surface area contributed by atoms with Crippen molar-refractivity contribution in [2.75, 3.05) is 0 Å². The van der Waals surface area contributed by atoms with Gasteiger partial charge in [0.2, 0.25) is 0 Å². The van der Waals surface area contributed by atoms with E-state index in [-0.39, 0.29) is 5.63 Å². The lowest BCUT2D eigenvalue weighted by molar-refractivity contribution is 0.308. The second-order valence-electron chi connectivity index (χ2n) is 6.91. The first-order chi connectivity index (χ1) is 12.1. The van der Waals surface area contributed by atoms with E-state index in [4.69, 9.17) is 9.15 Å². The van der Waals surface area contributed by atoms with Gasteiger partial charge in [0, 0.05) is 5.56 Å². The van der Waals surface area contributed by atoms with Crippen LogP contribution in [-0.2, 0) is 19.4 Å². The highest BCUT2D eigenvalue weighted by atomic mass is 16.5. The van der Waals surface area contributed by atoms with Crippen molar-refractivity contribution in [1.82, 2.24) is 0 Å². The lowest BCUT2D eigenvalue weighted by atomic mass is 9.90. The monoisotopic (exact) mass is 334 g/mol. The van der Waals surface area contributed by atoms with Gasteiger partial charge in [-0.1, -0.05) is 24.3 Å². The number of hydrogen-bond donors (Lipinski definition) is 0. The maximum atomic E-state index is 12.3. The van der Waals surface area contributed by atoms with Gasteiger partial charge in [-0.2, -0.15) is 0 Å². The Kier molecular flexibility index (Phi) is 4.08. The zero-order chi connectivity index (χ0) is 17.4. The van der Waals surface area contributed by atoms with Gasteiger partial charge in [-0.25, -0.2) is 4.79 Å². The topological polar surface area (TPSA) is 39.4 Å². The summed E-state index contributed by atoms with van der Waals surface area (Å²) in [5, 5.41) is 0.980. The van der Waals surface area contributed by atoms with E-state index in [0.717, 1.165) is 53.5 Å². The fourth-order valence-electron chi connectivity index (χ4n) is 3.71. The van der Waals surface area contributed by atoms with Gasteiger partial charge in [0.25, 0.3) is 0 Å². The largest absolute Gasteiger partial charge is 0.488 e. The summed E-state index contributed by atoms with van der Waals surface area (Å²) in [6.45, 7) is 4.60. The quantitative estimate of drug-likeness (QED) is 0.642. The third kappa shape index (κ3) is 2.95. The predicted molar refractivity (Wildman–Crippen MR) is 99.4 cm³/mol. The SMILES string of the molecule is Cc1cc(OCc2ccccc2C)c2c3c(c(=O)oc2c1)CCCC3. The number of ether oxygens (including phenoxy) is 1. The van der Waals surface area contributed by atoms with Crippen LogP contribution < -0.4 is 10.4 Å². The molecule has 0 unspecified atom stereocenters. The summed E-state index contributed by atoms with van der Waals surface area (Å²) in [6.07, 6.45) is 3.88. The van der Waals surface area contributed by atoms with Crippen molar-refractivity contribution in [3.05, 3.63) is 74.6 Å². The average Bonchev–Trinajstić information content (AvgIpc) is 2.60. The van der Waals surface area contributed by atoms with Crippen LogP contribution in [0.2, 0.25) is 0 Å². The highest BCUT2D eigenvalue weighted by Crippen LogP contribution is 2.35. The van der Waals surface area contributed by atoms with Gasteiger partial charge in [-0.05, 0) is 73.9 Å². The highest BCUT2D eigenvalue weighted by molar-refractivity contribution is 5.88. The van der Waals surface area contributed by atoms with Gasteiger partial charge < -0.3 is 9.15 Å². The molecule has 0 radical (unpaired) electrons. The third-order valence-electron chi connectivity index (χ3n) is 5.07. The first kappa shape index (κ1) is 15.9. The second-order valence-corrected chi connectivity index (χ2v) is 6.91. The van der Waals surface area contributed by atoms with Crippen LogP contribution in [0.15, 0.2) is 45.6 Å². The summed E-state index contributed by atoms with van der Waals surface area (Å²) in [5.41, 5.74) is 5.84. The van der Waals surface area contributed by atoms with Crippen LogP contribution in [0.3, 0.4) is 0 Å². The van der Waals surface area contributed by atoms with E-state index >= 15 is 0 Å². The summed E-state index contributed by atoms with van der Waals surface area (Å²) in [6, 6.07) is 12.2. The van der Waals surface area contributed by atoms with E-state index in [0.29, 0.717) is 12.2 Å². The molecular formula is C22H22O3. The Balaban J connectivity index is 1.82. The van der Waals surface area contributed by atoms with Crippen molar-refractivity contribution in [3.63, 3.8) is 0 Å². The Hall–Kier alpha value is -2.55. The second kappa shape index (κ2) is 6.40. The first-order valence-electron chi connectivity index (χ1n) is 8.90. The molecule has 25 heavy (non-hydrogen) atoms. The predicted octanol–water partition coefficient (Wildman–Crippen LogP) is 4.87. The lowest BCUT2D eigenvalue weighted by Crippen LogP contribution is -2.16. The Morgan fingerprint density at radius 3 is 2.60 bits per heavy atom. The van der Waals surface area contributed by atoms with Crippen molar-refractivity contribution < 1.29 is 9.15 Å². The molecular weight excluding hydrogens is 312 g/mol. The maximum Gasteiger partial charge on any atom is 0.339 e. The molecule has 1 aliphatic carbocycles. The molecule has 0 amide bonds. The summed E-state index contributed by atoms with van der Waals surface area (Å²) >= 11 is 0. The molecule has 1 aromatic heterocycles. The minimum Gasteiger partial charge on any atom is -0.488 e. The zero-order valence-corrected chi connectivity index (χ0v) is 14.7. The van der Waals surface area contributed by atoms with E-state index in [2.05, 4.69) is 25.1 Å². The Bertz CT molecular complexity index is 998. The van der Waals surface area contributed by atoms with E-state index < -0.39 is 0 Å². The summed E-state index contributed by atoms with van der Waals surface area (Å²) < 4.78 is 11.8. The highest BCUT2D eigenvalue weighted by Gasteiger charge is 2.21. The van der Waals surface area contributed by atoms with E-state index in [1.807, 2.05) is 25.1 Å². The Morgan fingerprint density at radius 1 is 1.04 bits per heavy atom. The van der Waals surface area contributed by atoms with Gasteiger partial charge in [0.15, 0.2) is 0 Å². The third-order valence-corrected chi connectivity index (χ3v) is 5.07. The summed E-state index contributed by atoms with van der Waals surface area (Å²) in [5.74, 6) is 0.820. The van der Waals surface area contributed by atoms with Crippen molar-refractivity contribution in [3.8, 4) is 5.75 Å². The van der Waals surface area contributed by atoms with E-state index in [1.165, 1.54) is 11.1 Å². The van der Waals surface area contributed by atoms with Crippen LogP contribution in [0, 0.1) is 13.8 Å². The molecule has 1 aliphatic rings. The first-order valence-corrected chi connectivity index (χ1v) is 8.90. The standard InChI is InChI=1S/C22H22O3/c1-14-11-19(24-13-16-8-4-3-7-15(16)2)21-17-9-5-6-10-18(17)22(23)25-20(21)12-14/h3-4,7-8,11-12H,5-6,9-10,13H2,1-2H3. The van der Waals surface area contributed by atoms with Gasteiger partial charge in [0.05, 0.1) is 5.39 Å². The Labute approximate surface area is 147 Å². The minimum atomic E-state index is -0.183. The summed E-state index contributed by atoms with van der Waals surface area (Å²) in [7, 11) is 0. The minimum absolute atomic E-state index is 0.183. The number of rotatable bonds is 3. The fourth-order valence-corrected chi connectivity index (χ4v) is 3.71. The molecule has 2 aromatic carbocycles. The van der Waals surface area contributed by atoms with Crippen LogP contribution in [0.1, 0.15) is 40.7 Å². The number of fused-ring (bicyclic) bond motifs is 3. The molecule has 0 spiro atoms. The van der Waals surface area contributed by atoms with Crippen LogP contribution in [0.5, 0.6) is 5.75 Å². The van der Waals surface area contributed by atoms with Gasteiger partial charge in [0.1, 0.15) is 17.9 Å². The smallest absolute Gasteiger partial charge is 0.339 e. The van der Waals surface area contributed by atoms with E-state index in [1.54, 1.807) is 0 Å².